The molecule has 1 heteroatoms. The lowest BCUT2D eigenvalue weighted by Gasteiger charge is -2.03. The minimum Gasteiger partial charge on any atom is -0.297 e. The van der Waals surface area contributed by atoms with Gasteiger partial charge in [-0.2, -0.15) is 0 Å². The lowest BCUT2D eigenvalue weighted by molar-refractivity contribution is 0.434. The zero-order valence-corrected chi connectivity index (χ0v) is 7.43. The Labute approximate surface area is 64.4 Å². The van der Waals surface area contributed by atoms with Gasteiger partial charge in [-0.25, -0.2) is 0 Å². The summed E-state index contributed by atoms with van der Waals surface area (Å²) >= 11 is 0. The van der Waals surface area contributed by atoms with Gasteiger partial charge in [0.1, 0.15) is 0 Å². The highest BCUT2D eigenvalue weighted by atomic mass is 15.3. The molecule has 1 unspecified atom stereocenters. The fourth-order valence-corrected chi connectivity index (χ4v) is 1.44. The van der Waals surface area contributed by atoms with Gasteiger partial charge in [-0.05, 0) is 18.9 Å². The van der Waals surface area contributed by atoms with Crippen molar-refractivity contribution in [2.24, 2.45) is 5.92 Å². The smallest absolute Gasteiger partial charge is 0.0246 e. The molecule has 1 aliphatic heterocycles. The second-order valence-electron chi connectivity index (χ2n) is 3.66. The van der Waals surface area contributed by atoms with Crippen molar-refractivity contribution in [3.63, 3.8) is 0 Å². The molecule has 0 bridgehead atoms. The Hall–Kier alpha value is -0.0400. The molecule has 1 saturated heterocycles. The average Bonchev–Trinajstić information content (AvgIpc) is 2.62. The lowest BCUT2D eigenvalue weighted by Crippen LogP contribution is -2.08. The minimum absolute atomic E-state index is 0.872. The molecular formula is C9H19N. The fraction of sp³-hybridized carbons (Fsp3) is 1.00. The summed E-state index contributed by atoms with van der Waals surface area (Å²) in [6.07, 6.45) is 2.71. The minimum atomic E-state index is 0.872. The molecule has 0 N–H and O–H groups in total. The maximum absolute atomic E-state index is 2.58. The van der Waals surface area contributed by atoms with Crippen LogP contribution in [0.2, 0.25) is 0 Å². The van der Waals surface area contributed by atoms with E-state index in [0.717, 1.165) is 12.0 Å². The van der Waals surface area contributed by atoms with Crippen molar-refractivity contribution in [1.82, 2.24) is 4.90 Å². The fourth-order valence-electron chi connectivity index (χ4n) is 1.44. The number of nitrogens with zero attached hydrogens (tertiary/aromatic N) is 1. The third kappa shape index (κ3) is 1.98. The first-order chi connectivity index (χ1) is 4.75. The topological polar surface area (TPSA) is 3.01 Å². The summed E-state index contributed by atoms with van der Waals surface area (Å²) < 4.78 is 0. The first-order valence-corrected chi connectivity index (χ1v) is 4.49. The summed E-state index contributed by atoms with van der Waals surface area (Å²) in [5.74, 6) is 0.872. The van der Waals surface area contributed by atoms with Gasteiger partial charge >= 0.3 is 0 Å². The Bertz CT molecular complexity index is 98.9. The van der Waals surface area contributed by atoms with Crippen LogP contribution in [0.4, 0.5) is 0 Å². The van der Waals surface area contributed by atoms with Crippen molar-refractivity contribution in [2.45, 2.75) is 39.7 Å². The van der Waals surface area contributed by atoms with Crippen molar-refractivity contribution in [3.05, 3.63) is 0 Å². The molecule has 0 aliphatic carbocycles. The molecule has 1 nitrogen and oxygen atoms in total. The molecule has 0 spiro atoms. The molecule has 0 aromatic heterocycles. The standard InChI is InChI=1S/C9H19N/c1-4-5-6-10-7-9(10)8(2)3/h8-9H,4-7H2,1-3H3/t9?,10-/m1/s1. The monoisotopic (exact) mass is 141 g/mol. The van der Waals surface area contributed by atoms with Gasteiger partial charge in [0.15, 0.2) is 0 Å². The van der Waals surface area contributed by atoms with Gasteiger partial charge < -0.3 is 0 Å². The van der Waals surface area contributed by atoms with Crippen LogP contribution in [-0.4, -0.2) is 24.0 Å². The van der Waals surface area contributed by atoms with Crippen LogP contribution in [0.15, 0.2) is 0 Å². The Morgan fingerprint density at radius 2 is 2.20 bits per heavy atom. The molecule has 0 amide bonds. The van der Waals surface area contributed by atoms with Gasteiger partial charge in [-0.15, -0.1) is 0 Å². The predicted molar refractivity (Wildman–Crippen MR) is 45.1 cm³/mol. The van der Waals surface area contributed by atoms with Crippen molar-refractivity contribution < 1.29 is 0 Å². The summed E-state index contributed by atoms with van der Waals surface area (Å²) in [4.78, 5) is 2.58. The number of rotatable bonds is 4. The summed E-state index contributed by atoms with van der Waals surface area (Å²) in [7, 11) is 0. The van der Waals surface area contributed by atoms with E-state index in [1.807, 2.05) is 0 Å². The van der Waals surface area contributed by atoms with Gasteiger partial charge in [-0.3, -0.25) is 4.90 Å². The highest BCUT2D eigenvalue weighted by Gasteiger charge is 2.34. The van der Waals surface area contributed by atoms with Crippen LogP contribution in [0.3, 0.4) is 0 Å². The number of unbranched alkanes of at least 4 members (excludes halogenated alkanes) is 1. The Morgan fingerprint density at radius 3 is 2.60 bits per heavy atom. The van der Waals surface area contributed by atoms with Crippen LogP contribution in [0, 0.1) is 5.92 Å². The van der Waals surface area contributed by atoms with E-state index < -0.39 is 0 Å². The molecule has 0 aromatic rings. The predicted octanol–water partition coefficient (Wildman–Crippen LogP) is 2.13. The Morgan fingerprint density at radius 1 is 1.50 bits per heavy atom. The van der Waals surface area contributed by atoms with Gasteiger partial charge in [0.25, 0.3) is 0 Å². The van der Waals surface area contributed by atoms with Gasteiger partial charge in [0.2, 0.25) is 0 Å². The molecule has 1 fully saturated rings. The van der Waals surface area contributed by atoms with Crippen LogP contribution in [0.1, 0.15) is 33.6 Å². The van der Waals surface area contributed by atoms with E-state index in [-0.39, 0.29) is 0 Å². The summed E-state index contributed by atoms with van der Waals surface area (Å²) in [5, 5.41) is 0. The molecule has 1 aliphatic rings. The normalized spacial score (nSPS) is 31.2. The van der Waals surface area contributed by atoms with E-state index in [1.54, 1.807) is 0 Å². The Balaban J connectivity index is 2.02. The van der Waals surface area contributed by atoms with E-state index >= 15 is 0 Å². The largest absolute Gasteiger partial charge is 0.297 e. The van der Waals surface area contributed by atoms with Crippen LogP contribution in [0.5, 0.6) is 0 Å². The summed E-state index contributed by atoms with van der Waals surface area (Å²) in [6.45, 7) is 9.58. The highest BCUT2D eigenvalue weighted by molar-refractivity contribution is 4.90. The van der Waals surface area contributed by atoms with E-state index in [0.29, 0.717) is 0 Å². The zero-order valence-electron chi connectivity index (χ0n) is 7.43. The average molecular weight is 141 g/mol. The van der Waals surface area contributed by atoms with Gasteiger partial charge in [0.05, 0.1) is 0 Å². The molecule has 10 heavy (non-hydrogen) atoms. The third-order valence-corrected chi connectivity index (χ3v) is 2.33. The van der Waals surface area contributed by atoms with E-state index in [9.17, 15) is 0 Å². The quantitative estimate of drug-likeness (QED) is 0.542. The first-order valence-electron chi connectivity index (χ1n) is 4.49. The lowest BCUT2D eigenvalue weighted by atomic mass is 10.1. The number of hydrogen-bond acceptors (Lipinski definition) is 1. The van der Waals surface area contributed by atoms with Gasteiger partial charge in [-0.1, -0.05) is 27.2 Å². The maximum atomic E-state index is 2.58. The number of hydrogen-bond donors (Lipinski definition) is 0. The first kappa shape index (κ1) is 8.06. The Kier molecular flexibility index (Phi) is 2.72. The molecule has 2 atom stereocenters. The molecule has 0 aromatic carbocycles. The van der Waals surface area contributed by atoms with E-state index in [2.05, 4.69) is 25.7 Å². The van der Waals surface area contributed by atoms with Crippen LogP contribution in [0.25, 0.3) is 0 Å². The van der Waals surface area contributed by atoms with E-state index in [4.69, 9.17) is 0 Å². The molecule has 1 heterocycles. The van der Waals surface area contributed by atoms with Crippen LogP contribution < -0.4 is 0 Å². The summed E-state index contributed by atoms with van der Waals surface area (Å²) in [6, 6.07) is 0.923. The van der Waals surface area contributed by atoms with Crippen molar-refractivity contribution >= 4 is 0 Å². The van der Waals surface area contributed by atoms with Gasteiger partial charge in [0, 0.05) is 12.6 Å². The highest BCUT2D eigenvalue weighted by Crippen LogP contribution is 2.24. The zero-order chi connectivity index (χ0) is 7.56. The van der Waals surface area contributed by atoms with Crippen molar-refractivity contribution in [2.75, 3.05) is 13.1 Å². The van der Waals surface area contributed by atoms with Crippen LogP contribution in [-0.2, 0) is 0 Å². The second-order valence-corrected chi connectivity index (χ2v) is 3.66. The van der Waals surface area contributed by atoms with Crippen molar-refractivity contribution in [3.8, 4) is 0 Å². The van der Waals surface area contributed by atoms with Crippen LogP contribution >= 0.6 is 0 Å². The molecule has 0 radical (unpaired) electrons. The summed E-state index contributed by atoms with van der Waals surface area (Å²) in [5.41, 5.74) is 0. The molecule has 1 rings (SSSR count). The molecule has 60 valence electrons. The molecular weight excluding hydrogens is 122 g/mol. The molecule has 0 saturated carbocycles. The third-order valence-electron chi connectivity index (χ3n) is 2.33. The van der Waals surface area contributed by atoms with E-state index in [1.165, 1.54) is 25.9 Å². The van der Waals surface area contributed by atoms with Crippen molar-refractivity contribution in [1.29, 1.82) is 0 Å². The maximum Gasteiger partial charge on any atom is 0.0246 e. The SMILES string of the molecule is CCCC[N@]1CC1C(C)C. The second kappa shape index (κ2) is 3.38.